The molecule has 3 heterocycles. The first-order valence-electron chi connectivity index (χ1n) is 8.34. The minimum atomic E-state index is -0.470. The van der Waals surface area contributed by atoms with Crippen LogP contribution < -0.4 is 10.7 Å². The van der Waals surface area contributed by atoms with Gasteiger partial charge in [0.25, 0.3) is 5.91 Å². The van der Waals surface area contributed by atoms with Gasteiger partial charge >= 0.3 is 0 Å². The van der Waals surface area contributed by atoms with Crippen molar-refractivity contribution >= 4 is 59.6 Å². The van der Waals surface area contributed by atoms with Crippen molar-refractivity contribution in [3.05, 3.63) is 62.5 Å². The van der Waals surface area contributed by atoms with E-state index in [9.17, 15) is 9.59 Å². The Morgan fingerprint density at radius 1 is 1.26 bits per heavy atom. The number of fused-ring (bicyclic) bond motifs is 2. The number of benzene rings is 1. The van der Waals surface area contributed by atoms with Gasteiger partial charge in [-0.05, 0) is 44.2 Å². The van der Waals surface area contributed by atoms with E-state index in [1.807, 2.05) is 36.6 Å². The summed E-state index contributed by atoms with van der Waals surface area (Å²) < 4.78 is 3.71. The lowest BCUT2D eigenvalue weighted by Gasteiger charge is -2.11. The van der Waals surface area contributed by atoms with Crippen molar-refractivity contribution < 1.29 is 4.79 Å². The van der Waals surface area contributed by atoms with E-state index in [4.69, 9.17) is 0 Å². The minimum absolute atomic E-state index is 0.0791. The maximum atomic E-state index is 12.8. The van der Waals surface area contributed by atoms with E-state index in [1.54, 1.807) is 18.3 Å². The number of pyridine rings is 2. The molecule has 27 heavy (non-hydrogen) atoms. The number of carbonyl (C=O) groups is 1. The SMILES string of the molecule is CCn1cc(C(=O)Nc2nc3ccc(Br)cc3s2)c(=O)c2ccc(C)nc21. The summed E-state index contributed by atoms with van der Waals surface area (Å²) in [6.45, 7) is 4.42. The standard InChI is InChI=1S/C19H15BrN4O2S/c1-3-24-9-13(16(25)12-6-4-10(2)21-17(12)24)18(26)23-19-22-14-7-5-11(20)8-15(14)27-19/h4-9H,3H2,1-2H3,(H,22,23,26). The molecule has 6 nitrogen and oxygen atoms in total. The van der Waals surface area contributed by atoms with E-state index >= 15 is 0 Å². The molecule has 8 heteroatoms. The van der Waals surface area contributed by atoms with Gasteiger partial charge in [-0.25, -0.2) is 9.97 Å². The summed E-state index contributed by atoms with van der Waals surface area (Å²) in [5, 5.41) is 3.64. The Hall–Kier alpha value is -2.58. The molecular weight excluding hydrogens is 428 g/mol. The van der Waals surface area contributed by atoms with Crippen LogP contribution in [0.3, 0.4) is 0 Å². The van der Waals surface area contributed by atoms with Crippen LogP contribution in [0, 0.1) is 6.92 Å². The Kier molecular flexibility index (Phi) is 4.53. The van der Waals surface area contributed by atoms with Crippen molar-refractivity contribution in [1.29, 1.82) is 0 Å². The number of hydrogen-bond donors (Lipinski definition) is 1. The van der Waals surface area contributed by atoms with Crippen LogP contribution in [0.2, 0.25) is 0 Å². The van der Waals surface area contributed by atoms with E-state index in [1.165, 1.54) is 11.3 Å². The number of rotatable bonds is 3. The number of aromatic nitrogens is 3. The zero-order chi connectivity index (χ0) is 19.1. The highest BCUT2D eigenvalue weighted by Gasteiger charge is 2.17. The molecule has 1 N–H and O–H groups in total. The summed E-state index contributed by atoms with van der Waals surface area (Å²) in [7, 11) is 0. The van der Waals surface area contributed by atoms with Gasteiger partial charge in [0, 0.05) is 22.9 Å². The minimum Gasteiger partial charge on any atom is -0.332 e. The molecule has 0 spiro atoms. The molecule has 0 saturated carbocycles. The molecule has 0 aliphatic rings. The van der Waals surface area contributed by atoms with E-state index in [2.05, 4.69) is 31.2 Å². The Morgan fingerprint density at radius 3 is 2.85 bits per heavy atom. The second kappa shape index (κ2) is 6.86. The van der Waals surface area contributed by atoms with Crippen molar-refractivity contribution in [2.45, 2.75) is 20.4 Å². The maximum absolute atomic E-state index is 12.8. The normalized spacial score (nSPS) is 11.2. The lowest BCUT2D eigenvalue weighted by Crippen LogP contribution is -2.24. The summed E-state index contributed by atoms with van der Waals surface area (Å²) in [4.78, 5) is 34.4. The second-order valence-corrected chi connectivity index (χ2v) is 8.01. The molecule has 4 aromatic rings. The van der Waals surface area contributed by atoms with Crippen molar-refractivity contribution in [1.82, 2.24) is 14.5 Å². The smallest absolute Gasteiger partial charge is 0.262 e. The topological polar surface area (TPSA) is 76.9 Å². The van der Waals surface area contributed by atoms with Gasteiger partial charge in [-0.3, -0.25) is 14.9 Å². The first-order chi connectivity index (χ1) is 13.0. The Balaban J connectivity index is 1.76. The highest BCUT2D eigenvalue weighted by Crippen LogP contribution is 2.28. The molecule has 0 atom stereocenters. The summed E-state index contributed by atoms with van der Waals surface area (Å²) in [6.07, 6.45) is 1.57. The zero-order valence-electron chi connectivity index (χ0n) is 14.6. The van der Waals surface area contributed by atoms with Gasteiger partial charge < -0.3 is 4.57 Å². The van der Waals surface area contributed by atoms with Crippen LogP contribution in [-0.2, 0) is 6.54 Å². The average molecular weight is 443 g/mol. The summed E-state index contributed by atoms with van der Waals surface area (Å²) in [5.74, 6) is -0.470. The van der Waals surface area contributed by atoms with Gasteiger partial charge in [0.1, 0.15) is 11.2 Å². The fourth-order valence-corrected chi connectivity index (χ4v) is 4.29. The van der Waals surface area contributed by atoms with Crippen LogP contribution in [0.5, 0.6) is 0 Å². The second-order valence-electron chi connectivity index (χ2n) is 6.07. The lowest BCUT2D eigenvalue weighted by molar-refractivity contribution is 0.102. The fraction of sp³-hybridized carbons (Fsp3) is 0.158. The van der Waals surface area contributed by atoms with Crippen LogP contribution in [0.15, 0.2) is 45.8 Å². The number of halogens is 1. The van der Waals surface area contributed by atoms with Gasteiger partial charge in [0.05, 0.1) is 15.6 Å². The number of nitrogens with zero attached hydrogens (tertiary/aromatic N) is 3. The average Bonchev–Trinajstić information content (AvgIpc) is 3.03. The Labute approximate surface area is 167 Å². The molecule has 1 amide bonds. The predicted octanol–water partition coefficient (Wildman–Crippen LogP) is 4.35. The molecule has 0 unspecified atom stereocenters. The number of anilines is 1. The lowest BCUT2D eigenvalue weighted by atomic mass is 10.1. The molecular formula is C19H15BrN4O2S. The third kappa shape index (κ3) is 3.26. The van der Waals surface area contributed by atoms with Gasteiger partial charge in [0.2, 0.25) is 5.43 Å². The highest BCUT2D eigenvalue weighted by atomic mass is 79.9. The molecule has 0 aliphatic carbocycles. The van der Waals surface area contributed by atoms with Crippen molar-refractivity contribution in [3.8, 4) is 0 Å². The van der Waals surface area contributed by atoms with Crippen LogP contribution in [0.4, 0.5) is 5.13 Å². The van der Waals surface area contributed by atoms with Crippen molar-refractivity contribution in [2.75, 3.05) is 5.32 Å². The molecule has 0 radical (unpaired) electrons. The van der Waals surface area contributed by atoms with Crippen LogP contribution >= 0.6 is 27.3 Å². The quantitative estimate of drug-likeness (QED) is 0.511. The van der Waals surface area contributed by atoms with Gasteiger partial charge in [-0.1, -0.05) is 27.3 Å². The summed E-state index contributed by atoms with van der Waals surface area (Å²) in [6, 6.07) is 9.21. The zero-order valence-corrected chi connectivity index (χ0v) is 17.0. The molecule has 3 aromatic heterocycles. The third-order valence-electron chi connectivity index (χ3n) is 4.22. The molecule has 0 bridgehead atoms. The van der Waals surface area contributed by atoms with Gasteiger partial charge in [-0.15, -0.1) is 0 Å². The molecule has 0 fully saturated rings. The van der Waals surface area contributed by atoms with E-state index in [0.717, 1.165) is 20.4 Å². The number of carbonyl (C=O) groups excluding carboxylic acids is 1. The van der Waals surface area contributed by atoms with Gasteiger partial charge in [-0.2, -0.15) is 0 Å². The van der Waals surface area contributed by atoms with E-state index in [0.29, 0.717) is 22.7 Å². The Bertz CT molecular complexity index is 1260. The number of hydrogen-bond acceptors (Lipinski definition) is 5. The van der Waals surface area contributed by atoms with Crippen LogP contribution in [0.25, 0.3) is 21.3 Å². The van der Waals surface area contributed by atoms with Gasteiger partial charge in [0.15, 0.2) is 5.13 Å². The fourth-order valence-electron chi connectivity index (χ4n) is 2.88. The van der Waals surface area contributed by atoms with E-state index < -0.39 is 5.91 Å². The largest absolute Gasteiger partial charge is 0.332 e. The molecule has 136 valence electrons. The number of thiazole rings is 1. The first-order valence-corrected chi connectivity index (χ1v) is 9.95. The molecule has 0 aliphatic heterocycles. The Morgan fingerprint density at radius 2 is 2.07 bits per heavy atom. The predicted molar refractivity (Wildman–Crippen MR) is 112 cm³/mol. The molecule has 1 aromatic carbocycles. The summed E-state index contributed by atoms with van der Waals surface area (Å²) >= 11 is 4.79. The molecule has 4 rings (SSSR count). The summed E-state index contributed by atoms with van der Waals surface area (Å²) in [5.41, 5.74) is 1.95. The number of nitrogens with one attached hydrogen (secondary N) is 1. The maximum Gasteiger partial charge on any atom is 0.262 e. The van der Waals surface area contributed by atoms with Crippen molar-refractivity contribution in [2.24, 2.45) is 0 Å². The third-order valence-corrected chi connectivity index (χ3v) is 5.64. The highest BCUT2D eigenvalue weighted by molar-refractivity contribution is 9.10. The van der Waals surface area contributed by atoms with E-state index in [-0.39, 0.29) is 11.0 Å². The van der Waals surface area contributed by atoms with Crippen LogP contribution in [-0.4, -0.2) is 20.4 Å². The molecule has 0 saturated heterocycles. The monoisotopic (exact) mass is 442 g/mol. The van der Waals surface area contributed by atoms with Crippen LogP contribution in [0.1, 0.15) is 23.0 Å². The van der Waals surface area contributed by atoms with Crippen molar-refractivity contribution in [3.63, 3.8) is 0 Å². The number of aryl methyl sites for hydroxylation is 2. The first kappa shape index (κ1) is 17.8. The number of amides is 1.